The lowest BCUT2D eigenvalue weighted by Gasteiger charge is -2.20. The third-order valence-corrected chi connectivity index (χ3v) is 5.58. The molecule has 1 aliphatic heterocycles. The maximum Gasteiger partial charge on any atom is 0.317 e. The molecule has 1 fully saturated rings. The first-order valence-corrected chi connectivity index (χ1v) is 10.9. The molecule has 3 nitrogen and oxygen atoms in total. The van der Waals surface area contributed by atoms with Crippen molar-refractivity contribution in [1.29, 1.82) is 0 Å². The molecule has 2 atom stereocenters. The number of cyclic esters (lactones) is 2. The van der Waals surface area contributed by atoms with Gasteiger partial charge in [-0.1, -0.05) is 97.3 Å². The zero-order chi connectivity index (χ0) is 18.3. The van der Waals surface area contributed by atoms with Crippen molar-refractivity contribution in [3.8, 4) is 0 Å². The molecule has 0 aromatic rings. The third-order valence-electron chi connectivity index (χ3n) is 5.58. The molecule has 0 aliphatic carbocycles. The summed E-state index contributed by atoms with van der Waals surface area (Å²) in [5.41, 5.74) is 0. The Morgan fingerprint density at radius 3 is 1.68 bits per heavy atom. The van der Waals surface area contributed by atoms with Crippen molar-refractivity contribution in [3.63, 3.8) is 0 Å². The van der Waals surface area contributed by atoms with Gasteiger partial charge in [0.25, 0.3) is 0 Å². The van der Waals surface area contributed by atoms with Crippen molar-refractivity contribution in [3.05, 3.63) is 0 Å². The summed E-state index contributed by atoms with van der Waals surface area (Å²) in [7, 11) is 0. The van der Waals surface area contributed by atoms with Gasteiger partial charge in [-0.15, -0.1) is 0 Å². The van der Waals surface area contributed by atoms with E-state index in [0.29, 0.717) is 12.3 Å². The molecule has 0 saturated carbocycles. The number of unbranched alkanes of at least 4 members (excludes halogenated alkanes) is 11. The Kier molecular flexibility index (Phi) is 12.7. The fourth-order valence-corrected chi connectivity index (χ4v) is 3.95. The predicted octanol–water partition coefficient (Wildman–Crippen LogP) is 6.58. The SMILES string of the molecule is CCCCCCCCCCCCC(CCCCC)C1CC(=O)OC1=O. The van der Waals surface area contributed by atoms with Gasteiger partial charge >= 0.3 is 11.9 Å². The minimum Gasteiger partial charge on any atom is -0.393 e. The van der Waals surface area contributed by atoms with Crippen LogP contribution in [-0.4, -0.2) is 11.9 Å². The van der Waals surface area contributed by atoms with E-state index < -0.39 is 0 Å². The van der Waals surface area contributed by atoms with Gasteiger partial charge in [0.2, 0.25) is 0 Å². The second-order valence-corrected chi connectivity index (χ2v) is 7.83. The Morgan fingerprint density at radius 1 is 0.760 bits per heavy atom. The summed E-state index contributed by atoms with van der Waals surface area (Å²) in [5, 5.41) is 0. The highest BCUT2D eigenvalue weighted by atomic mass is 16.6. The number of esters is 2. The number of carbonyl (C=O) groups excluding carboxylic acids is 2. The van der Waals surface area contributed by atoms with Crippen LogP contribution in [0.1, 0.15) is 117 Å². The summed E-state index contributed by atoms with van der Waals surface area (Å²) in [6.07, 6.45) is 19.4. The first-order chi connectivity index (χ1) is 12.2. The van der Waals surface area contributed by atoms with E-state index in [1.54, 1.807) is 0 Å². The number of carbonyl (C=O) groups is 2. The van der Waals surface area contributed by atoms with Gasteiger partial charge in [-0.25, -0.2) is 0 Å². The topological polar surface area (TPSA) is 43.4 Å². The monoisotopic (exact) mass is 352 g/mol. The molecular weight excluding hydrogens is 312 g/mol. The normalized spacial score (nSPS) is 18.6. The maximum absolute atomic E-state index is 11.9. The van der Waals surface area contributed by atoms with Crippen LogP contribution in [0.25, 0.3) is 0 Å². The third kappa shape index (κ3) is 10.0. The van der Waals surface area contributed by atoms with Gasteiger partial charge in [0.05, 0.1) is 12.3 Å². The molecular formula is C22H40O3. The smallest absolute Gasteiger partial charge is 0.317 e. The fourth-order valence-electron chi connectivity index (χ4n) is 3.95. The minimum absolute atomic E-state index is 0.164. The van der Waals surface area contributed by atoms with Crippen molar-refractivity contribution in [2.24, 2.45) is 11.8 Å². The van der Waals surface area contributed by atoms with Crippen molar-refractivity contribution < 1.29 is 14.3 Å². The molecule has 1 rings (SSSR count). The second kappa shape index (κ2) is 14.3. The van der Waals surface area contributed by atoms with Gasteiger partial charge in [-0.05, 0) is 18.8 Å². The lowest BCUT2D eigenvalue weighted by molar-refractivity contribution is -0.153. The Bertz CT molecular complexity index is 364. The van der Waals surface area contributed by atoms with Gasteiger partial charge in [0, 0.05) is 0 Å². The average molecular weight is 353 g/mol. The van der Waals surface area contributed by atoms with E-state index in [4.69, 9.17) is 4.74 Å². The molecule has 146 valence electrons. The minimum atomic E-state index is -0.321. The van der Waals surface area contributed by atoms with Gasteiger partial charge in [-0.3, -0.25) is 9.59 Å². The standard InChI is InChI=1S/C22H40O3/c1-3-5-7-8-9-10-11-12-13-15-17-19(16-14-6-4-2)20-18-21(23)25-22(20)24/h19-20H,3-18H2,1-2H3. The molecule has 0 spiro atoms. The van der Waals surface area contributed by atoms with Crippen LogP contribution in [0, 0.1) is 11.8 Å². The van der Waals surface area contributed by atoms with Crippen LogP contribution in [0.4, 0.5) is 0 Å². The highest BCUT2D eigenvalue weighted by Gasteiger charge is 2.38. The van der Waals surface area contributed by atoms with Crippen molar-refractivity contribution >= 4 is 11.9 Å². The number of hydrogen-bond acceptors (Lipinski definition) is 3. The number of rotatable bonds is 16. The van der Waals surface area contributed by atoms with Gasteiger partial charge in [0.1, 0.15) is 0 Å². The molecule has 1 heterocycles. The van der Waals surface area contributed by atoms with E-state index in [1.165, 1.54) is 77.0 Å². The molecule has 1 saturated heterocycles. The Labute approximate surface area is 155 Å². The summed E-state index contributed by atoms with van der Waals surface area (Å²) >= 11 is 0. The molecule has 0 aromatic heterocycles. The second-order valence-electron chi connectivity index (χ2n) is 7.83. The molecule has 0 aromatic carbocycles. The van der Waals surface area contributed by atoms with Crippen LogP contribution in [-0.2, 0) is 14.3 Å². The first-order valence-electron chi connectivity index (χ1n) is 10.9. The zero-order valence-corrected chi connectivity index (χ0v) is 16.7. The first kappa shape index (κ1) is 22.2. The number of ether oxygens (including phenoxy) is 1. The molecule has 2 unspecified atom stereocenters. The summed E-state index contributed by atoms with van der Waals surface area (Å²) < 4.78 is 4.78. The highest BCUT2D eigenvalue weighted by molar-refractivity contribution is 5.94. The molecule has 0 N–H and O–H groups in total. The zero-order valence-electron chi connectivity index (χ0n) is 16.7. The van der Waals surface area contributed by atoms with Crippen molar-refractivity contribution in [1.82, 2.24) is 0 Å². The summed E-state index contributed by atoms with van der Waals surface area (Å²) in [4.78, 5) is 23.3. The summed E-state index contributed by atoms with van der Waals surface area (Å²) in [5.74, 6) is -0.403. The maximum atomic E-state index is 11.9. The Balaban J connectivity index is 2.15. The van der Waals surface area contributed by atoms with Gasteiger partial charge < -0.3 is 4.74 Å². The van der Waals surface area contributed by atoms with Crippen LogP contribution in [0.3, 0.4) is 0 Å². The van der Waals surface area contributed by atoms with Crippen LogP contribution in [0.15, 0.2) is 0 Å². The predicted molar refractivity (Wildman–Crippen MR) is 103 cm³/mol. The quantitative estimate of drug-likeness (QED) is 0.179. The van der Waals surface area contributed by atoms with Crippen LogP contribution < -0.4 is 0 Å². The van der Waals surface area contributed by atoms with Crippen molar-refractivity contribution in [2.45, 2.75) is 117 Å². The summed E-state index contributed by atoms with van der Waals surface area (Å²) in [6.45, 7) is 4.46. The van der Waals surface area contributed by atoms with Crippen molar-refractivity contribution in [2.75, 3.05) is 0 Å². The Hall–Kier alpha value is -0.860. The van der Waals surface area contributed by atoms with E-state index in [2.05, 4.69) is 13.8 Å². The molecule has 0 bridgehead atoms. The van der Waals surface area contributed by atoms with Crippen LogP contribution in [0.2, 0.25) is 0 Å². The van der Waals surface area contributed by atoms with E-state index in [1.807, 2.05) is 0 Å². The van der Waals surface area contributed by atoms with E-state index >= 15 is 0 Å². The van der Waals surface area contributed by atoms with E-state index in [-0.39, 0.29) is 17.9 Å². The van der Waals surface area contributed by atoms with Crippen LogP contribution in [0.5, 0.6) is 0 Å². The van der Waals surface area contributed by atoms with E-state index in [0.717, 1.165) is 19.3 Å². The number of hydrogen-bond donors (Lipinski definition) is 0. The van der Waals surface area contributed by atoms with Gasteiger partial charge in [0.15, 0.2) is 0 Å². The molecule has 0 amide bonds. The Morgan fingerprint density at radius 2 is 1.20 bits per heavy atom. The van der Waals surface area contributed by atoms with E-state index in [9.17, 15) is 9.59 Å². The molecule has 1 aliphatic rings. The largest absolute Gasteiger partial charge is 0.393 e. The highest BCUT2D eigenvalue weighted by Crippen LogP contribution is 2.32. The summed E-state index contributed by atoms with van der Waals surface area (Å²) in [6, 6.07) is 0. The average Bonchev–Trinajstić information content (AvgIpc) is 2.93. The molecule has 3 heteroatoms. The van der Waals surface area contributed by atoms with Crippen LogP contribution >= 0.6 is 0 Å². The van der Waals surface area contributed by atoms with Gasteiger partial charge in [-0.2, -0.15) is 0 Å². The lowest BCUT2D eigenvalue weighted by Crippen LogP contribution is -2.19. The lowest BCUT2D eigenvalue weighted by atomic mass is 9.82. The fraction of sp³-hybridized carbons (Fsp3) is 0.909. The molecule has 0 radical (unpaired) electrons. The molecule has 25 heavy (non-hydrogen) atoms.